The number of hydrogen-bond acceptors (Lipinski definition) is 5. The number of carbonyl (C=O) groups excluding carboxylic acids is 1. The number of rotatable bonds is 5. The number of thiophene rings is 1. The highest BCUT2D eigenvalue weighted by Crippen LogP contribution is 2.39. The summed E-state index contributed by atoms with van der Waals surface area (Å²) in [6.45, 7) is 0. The number of ether oxygens (including phenoxy) is 1. The molecule has 2 N–H and O–H groups in total. The third kappa shape index (κ3) is 4.77. The van der Waals surface area contributed by atoms with Crippen molar-refractivity contribution in [3.8, 4) is 16.9 Å². The summed E-state index contributed by atoms with van der Waals surface area (Å²) in [6.07, 6.45) is -4.27. The number of aliphatic imine (C=N–C) groups is 1. The molecule has 32 heavy (non-hydrogen) atoms. The van der Waals surface area contributed by atoms with Crippen molar-refractivity contribution in [3.05, 3.63) is 76.5 Å². The Labute approximate surface area is 187 Å². The molecule has 0 aliphatic carbocycles. The maximum atomic E-state index is 13.0. The van der Waals surface area contributed by atoms with Gasteiger partial charge in [-0.25, -0.2) is 4.99 Å². The van der Waals surface area contributed by atoms with Crippen LogP contribution in [0, 0.1) is 5.92 Å². The van der Waals surface area contributed by atoms with Crippen molar-refractivity contribution >= 4 is 23.2 Å². The number of nitrogens with two attached hydrogens (primary N) is 1. The van der Waals surface area contributed by atoms with Crippen molar-refractivity contribution in [3.63, 3.8) is 0 Å². The molecule has 0 radical (unpaired) electrons. The topological polar surface area (TPSA) is 67.9 Å². The van der Waals surface area contributed by atoms with Gasteiger partial charge >= 0.3 is 6.36 Å². The van der Waals surface area contributed by atoms with E-state index in [4.69, 9.17) is 5.73 Å². The summed E-state index contributed by atoms with van der Waals surface area (Å²) in [5.41, 5.74) is 8.29. The third-order valence-electron chi connectivity index (χ3n) is 5.25. The molecular weight excluding hydrogens is 439 g/mol. The van der Waals surface area contributed by atoms with Crippen LogP contribution in [-0.2, 0) is 11.2 Å². The van der Waals surface area contributed by atoms with Crippen LogP contribution in [0.25, 0.3) is 11.1 Å². The SMILES string of the molecule is CN1C(=O)[C@H](Cc2ccccc2)[C@@H](c2cc(-c3cccc(OC(F)(F)F)c3)cs2)N=C1N. The van der Waals surface area contributed by atoms with E-state index in [0.717, 1.165) is 16.0 Å². The number of guanidine groups is 1. The zero-order chi connectivity index (χ0) is 22.9. The quantitative estimate of drug-likeness (QED) is 0.584. The predicted octanol–water partition coefficient (Wildman–Crippen LogP) is 5.00. The Morgan fingerprint density at radius 2 is 1.84 bits per heavy atom. The van der Waals surface area contributed by atoms with Crippen molar-refractivity contribution in [2.45, 2.75) is 18.8 Å². The second kappa shape index (κ2) is 8.66. The molecule has 0 bridgehead atoms. The Kier molecular flexibility index (Phi) is 5.92. The lowest BCUT2D eigenvalue weighted by Gasteiger charge is -2.32. The van der Waals surface area contributed by atoms with Crippen LogP contribution in [0.1, 0.15) is 16.5 Å². The Morgan fingerprint density at radius 1 is 1.09 bits per heavy atom. The summed E-state index contributed by atoms with van der Waals surface area (Å²) in [4.78, 5) is 19.8. The minimum absolute atomic E-state index is 0.123. The Hall–Kier alpha value is -3.33. The van der Waals surface area contributed by atoms with Gasteiger partial charge in [0.1, 0.15) is 5.75 Å². The van der Waals surface area contributed by atoms with Crippen molar-refractivity contribution in [2.75, 3.05) is 7.05 Å². The molecule has 3 aromatic rings. The van der Waals surface area contributed by atoms with Crippen molar-refractivity contribution in [1.29, 1.82) is 0 Å². The van der Waals surface area contributed by atoms with Gasteiger partial charge in [-0.3, -0.25) is 9.69 Å². The molecule has 2 heterocycles. The Bertz CT molecular complexity index is 1140. The second-order valence-electron chi connectivity index (χ2n) is 7.44. The van der Waals surface area contributed by atoms with Gasteiger partial charge in [0.2, 0.25) is 5.91 Å². The number of amides is 1. The molecule has 1 amide bonds. The largest absolute Gasteiger partial charge is 0.573 e. The summed E-state index contributed by atoms with van der Waals surface area (Å²) >= 11 is 1.39. The Morgan fingerprint density at radius 3 is 2.56 bits per heavy atom. The molecule has 0 saturated heterocycles. The second-order valence-corrected chi connectivity index (χ2v) is 8.38. The number of carbonyl (C=O) groups is 1. The molecule has 0 saturated carbocycles. The summed E-state index contributed by atoms with van der Waals surface area (Å²) in [5.74, 6) is -0.718. The van der Waals surface area contributed by atoms with Crippen LogP contribution in [0.15, 0.2) is 71.0 Å². The number of halogens is 3. The molecule has 2 atom stereocenters. The van der Waals surface area contributed by atoms with Crippen LogP contribution in [0.3, 0.4) is 0 Å². The first kappa shape index (κ1) is 21.9. The number of hydrogen-bond donors (Lipinski definition) is 1. The van der Waals surface area contributed by atoms with E-state index in [9.17, 15) is 18.0 Å². The molecule has 5 nitrogen and oxygen atoms in total. The van der Waals surface area contributed by atoms with Gasteiger partial charge in [-0.15, -0.1) is 24.5 Å². The van der Waals surface area contributed by atoms with Gasteiger partial charge in [-0.1, -0.05) is 42.5 Å². The molecule has 9 heteroatoms. The first-order chi connectivity index (χ1) is 15.2. The van der Waals surface area contributed by atoms with Crippen LogP contribution in [0.5, 0.6) is 5.75 Å². The van der Waals surface area contributed by atoms with Gasteiger partial charge in [0, 0.05) is 11.9 Å². The lowest BCUT2D eigenvalue weighted by molar-refractivity contribution is -0.274. The highest BCUT2D eigenvalue weighted by Gasteiger charge is 2.38. The minimum atomic E-state index is -4.76. The zero-order valence-electron chi connectivity index (χ0n) is 17.0. The number of alkyl halides is 3. The molecule has 0 fully saturated rings. The molecular formula is C23H20F3N3O2S. The van der Waals surface area contributed by atoms with E-state index in [0.29, 0.717) is 12.0 Å². The van der Waals surface area contributed by atoms with Gasteiger partial charge in [0.25, 0.3) is 0 Å². The lowest BCUT2D eigenvalue weighted by Crippen LogP contribution is -2.48. The van der Waals surface area contributed by atoms with Crippen LogP contribution >= 0.6 is 11.3 Å². The van der Waals surface area contributed by atoms with Crippen LogP contribution in [0.4, 0.5) is 13.2 Å². The number of benzene rings is 2. The molecule has 4 rings (SSSR count). The van der Waals surface area contributed by atoms with Crippen molar-refractivity contribution < 1.29 is 22.7 Å². The zero-order valence-corrected chi connectivity index (χ0v) is 17.9. The molecule has 2 aromatic carbocycles. The highest BCUT2D eigenvalue weighted by molar-refractivity contribution is 7.10. The Balaban J connectivity index is 1.65. The third-order valence-corrected chi connectivity index (χ3v) is 6.26. The standard InChI is InChI=1S/C23H20F3N3O2S/c1-29-21(30)18(10-14-6-3-2-4-7-14)20(28-22(29)27)19-12-16(13-32-19)15-8-5-9-17(11-15)31-23(24,25)26/h2-9,11-13,18,20H,10H2,1H3,(H2,27,28)/t18-,20+/m1/s1. The molecule has 0 unspecified atom stereocenters. The fourth-order valence-corrected chi connectivity index (χ4v) is 4.70. The molecule has 1 aromatic heterocycles. The van der Waals surface area contributed by atoms with Gasteiger partial charge in [0.15, 0.2) is 5.96 Å². The van der Waals surface area contributed by atoms with E-state index in [1.807, 2.05) is 41.8 Å². The highest BCUT2D eigenvalue weighted by atomic mass is 32.1. The van der Waals surface area contributed by atoms with E-state index in [1.165, 1.54) is 34.4 Å². The summed E-state index contributed by atoms with van der Waals surface area (Å²) in [7, 11) is 1.60. The van der Waals surface area contributed by atoms with Crippen molar-refractivity contribution in [1.82, 2.24) is 4.90 Å². The molecule has 1 aliphatic heterocycles. The lowest BCUT2D eigenvalue weighted by atomic mass is 9.88. The summed E-state index contributed by atoms with van der Waals surface area (Å²) < 4.78 is 41.7. The van der Waals surface area contributed by atoms with Gasteiger partial charge in [-0.05, 0) is 46.7 Å². The first-order valence-electron chi connectivity index (χ1n) is 9.80. The van der Waals surface area contributed by atoms with E-state index >= 15 is 0 Å². The van der Waals surface area contributed by atoms with E-state index < -0.39 is 18.3 Å². The monoisotopic (exact) mass is 459 g/mol. The van der Waals surface area contributed by atoms with Crippen LogP contribution in [0.2, 0.25) is 0 Å². The smallest absolute Gasteiger partial charge is 0.406 e. The first-order valence-corrected chi connectivity index (χ1v) is 10.7. The van der Waals surface area contributed by atoms with Crippen molar-refractivity contribution in [2.24, 2.45) is 16.6 Å². The molecule has 1 aliphatic rings. The summed E-state index contributed by atoms with van der Waals surface area (Å²) in [6, 6.07) is 16.8. The van der Waals surface area contributed by atoms with Gasteiger partial charge < -0.3 is 10.5 Å². The van der Waals surface area contributed by atoms with E-state index in [-0.39, 0.29) is 17.6 Å². The summed E-state index contributed by atoms with van der Waals surface area (Å²) in [5, 5.41) is 1.83. The average molecular weight is 459 g/mol. The fraction of sp³-hybridized carbons (Fsp3) is 0.217. The van der Waals surface area contributed by atoms with Gasteiger partial charge in [-0.2, -0.15) is 0 Å². The maximum absolute atomic E-state index is 13.0. The fourth-order valence-electron chi connectivity index (χ4n) is 3.68. The van der Waals surface area contributed by atoms with E-state index in [2.05, 4.69) is 9.73 Å². The number of nitrogens with zero attached hydrogens (tertiary/aromatic N) is 2. The molecule has 0 spiro atoms. The molecule has 166 valence electrons. The average Bonchev–Trinajstić information content (AvgIpc) is 3.24. The van der Waals surface area contributed by atoms with Crippen LogP contribution in [-0.4, -0.2) is 30.2 Å². The van der Waals surface area contributed by atoms with Gasteiger partial charge in [0.05, 0.1) is 12.0 Å². The van der Waals surface area contributed by atoms with Crippen LogP contribution < -0.4 is 10.5 Å². The maximum Gasteiger partial charge on any atom is 0.573 e. The predicted molar refractivity (Wildman–Crippen MR) is 117 cm³/mol. The normalized spacial score (nSPS) is 19.1. The van der Waals surface area contributed by atoms with E-state index in [1.54, 1.807) is 13.1 Å². The minimum Gasteiger partial charge on any atom is -0.406 e.